The molecule has 6 heteroatoms. The standard InChI is InChI=1S/C10H12ClN5/c1-3-10(2)6-7(13-15-10)8(11)14-16-5-4-12-9(6)16/h4-5,13,15H,3H2,1-2H3. The van der Waals surface area contributed by atoms with Gasteiger partial charge in [-0.05, 0) is 13.3 Å². The van der Waals surface area contributed by atoms with E-state index in [1.54, 1.807) is 16.9 Å². The lowest BCUT2D eigenvalue weighted by Gasteiger charge is -2.22. The minimum atomic E-state index is -0.158. The van der Waals surface area contributed by atoms with Crippen molar-refractivity contribution in [2.45, 2.75) is 25.8 Å². The summed E-state index contributed by atoms with van der Waals surface area (Å²) in [4.78, 5) is 4.34. The fourth-order valence-corrected chi connectivity index (χ4v) is 2.30. The molecule has 0 saturated heterocycles. The van der Waals surface area contributed by atoms with Crippen molar-refractivity contribution in [1.29, 1.82) is 0 Å². The van der Waals surface area contributed by atoms with Crippen LogP contribution >= 0.6 is 11.6 Å². The number of fused-ring (bicyclic) bond motifs is 3. The Morgan fingerprint density at radius 1 is 1.56 bits per heavy atom. The first kappa shape index (κ1) is 9.86. The van der Waals surface area contributed by atoms with Gasteiger partial charge < -0.3 is 5.43 Å². The quantitative estimate of drug-likeness (QED) is 0.796. The summed E-state index contributed by atoms with van der Waals surface area (Å²) in [5, 5.41) is 4.69. The van der Waals surface area contributed by atoms with Crippen molar-refractivity contribution in [3.8, 4) is 0 Å². The number of halogens is 1. The monoisotopic (exact) mass is 237 g/mol. The summed E-state index contributed by atoms with van der Waals surface area (Å²) in [5.74, 6) is 0. The van der Waals surface area contributed by atoms with E-state index in [9.17, 15) is 0 Å². The molecule has 0 aliphatic carbocycles. The average molecular weight is 238 g/mol. The SMILES string of the molecule is CCC1(C)NNc2c(Cl)nn3ccnc3c21. The van der Waals surface area contributed by atoms with Gasteiger partial charge >= 0.3 is 0 Å². The zero-order valence-electron chi connectivity index (χ0n) is 9.08. The molecule has 2 N–H and O–H groups in total. The highest BCUT2D eigenvalue weighted by Gasteiger charge is 2.37. The minimum absolute atomic E-state index is 0.158. The molecule has 0 saturated carbocycles. The predicted molar refractivity (Wildman–Crippen MR) is 62.4 cm³/mol. The van der Waals surface area contributed by atoms with Gasteiger partial charge in [-0.1, -0.05) is 18.5 Å². The van der Waals surface area contributed by atoms with Crippen LogP contribution in [0.1, 0.15) is 25.8 Å². The van der Waals surface area contributed by atoms with Gasteiger partial charge in [-0.2, -0.15) is 5.10 Å². The Kier molecular flexibility index (Phi) is 1.90. The number of hydrogen-bond donors (Lipinski definition) is 2. The summed E-state index contributed by atoms with van der Waals surface area (Å²) in [6.07, 6.45) is 4.47. The Balaban J connectivity index is 2.41. The van der Waals surface area contributed by atoms with E-state index in [1.165, 1.54) is 0 Å². The number of imidazole rings is 1. The number of hydrogen-bond acceptors (Lipinski definition) is 4. The fourth-order valence-electron chi connectivity index (χ4n) is 2.08. The molecule has 1 aliphatic heterocycles. The highest BCUT2D eigenvalue weighted by atomic mass is 35.5. The molecule has 1 aliphatic rings. The first-order valence-electron chi connectivity index (χ1n) is 5.22. The van der Waals surface area contributed by atoms with Gasteiger partial charge in [0.25, 0.3) is 0 Å². The maximum Gasteiger partial charge on any atom is 0.174 e. The number of nitrogens with one attached hydrogen (secondary N) is 2. The van der Waals surface area contributed by atoms with Crippen LogP contribution in [-0.2, 0) is 5.54 Å². The third-order valence-electron chi connectivity index (χ3n) is 3.22. The molecular formula is C10H12ClN5. The lowest BCUT2D eigenvalue weighted by molar-refractivity contribution is 0.409. The van der Waals surface area contributed by atoms with Crippen LogP contribution in [0.15, 0.2) is 12.4 Å². The molecule has 3 rings (SSSR count). The van der Waals surface area contributed by atoms with Crippen LogP contribution in [0.25, 0.3) is 5.65 Å². The van der Waals surface area contributed by atoms with Crippen LogP contribution in [0.2, 0.25) is 5.15 Å². The lowest BCUT2D eigenvalue weighted by Crippen LogP contribution is -2.36. The molecule has 84 valence electrons. The Hall–Kier alpha value is -1.33. The Bertz CT molecular complexity index is 564. The van der Waals surface area contributed by atoms with E-state index in [-0.39, 0.29) is 5.54 Å². The largest absolute Gasteiger partial charge is 0.317 e. The van der Waals surface area contributed by atoms with Gasteiger partial charge in [-0.3, -0.25) is 0 Å². The number of anilines is 1. The second-order valence-corrected chi connectivity index (χ2v) is 4.53. The molecule has 3 heterocycles. The molecule has 0 spiro atoms. The molecule has 0 amide bonds. The van der Waals surface area contributed by atoms with Crippen molar-refractivity contribution in [2.75, 3.05) is 5.43 Å². The zero-order valence-corrected chi connectivity index (χ0v) is 9.84. The average Bonchev–Trinajstić information content (AvgIpc) is 2.84. The van der Waals surface area contributed by atoms with E-state index >= 15 is 0 Å². The molecule has 0 fully saturated rings. The van der Waals surface area contributed by atoms with Crippen molar-refractivity contribution in [1.82, 2.24) is 20.0 Å². The van der Waals surface area contributed by atoms with Crippen LogP contribution in [0, 0.1) is 0 Å². The predicted octanol–water partition coefficient (Wildman–Crippen LogP) is 1.94. The summed E-state index contributed by atoms with van der Waals surface area (Å²) in [7, 11) is 0. The third-order valence-corrected chi connectivity index (χ3v) is 3.48. The smallest absolute Gasteiger partial charge is 0.174 e. The van der Waals surface area contributed by atoms with E-state index in [2.05, 4.69) is 34.8 Å². The van der Waals surface area contributed by atoms with Crippen molar-refractivity contribution < 1.29 is 0 Å². The first-order valence-corrected chi connectivity index (χ1v) is 5.60. The second kappa shape index (κ2) is 3.09. The summed E-state index contributed by atoms with van der Waals surface area (Å²) in [6.45, 7) is 4.24. The van der Waals surface area contributed by atoms with E-state index in [0.717, 1.165) is 23.3 Å². The van der Waals surface area contributed by atoms with Crippen LogP contribution < -0.4 is 10.9 Å². The molecular weight excluding hydrogens is 226 g/mol. The first-order chi connectivity index (χ1) is 7.65. The zero-order chi connectivity index (χ0) is 11.3. The Labute approximate surface area is 97.8 Å². The molecule has 1 unspecified atom stereocenters. The van der Waals surface area contributed by atoms with Gasteiger partial charge in [-0.25, -0.2) is 14.9 Å². The van der Waals surface area contributed by atoms with Crippen molar-refractivity contribution in [3.05, 3.63) is 23.1 Å². The van der Waals surface area contributed by atoms with E-state index < -0.39 is 0 Å². The molecule has 0 aromatic carbocycles. The maximum absolute atomic E-state index is 6.13. The van der Waals surface area contributed by atoms with Crippen molar-refractivity contribution in [3.63, 3.8) is 0 Å². The van der Waals surface area contributed by atoms with Crippen molar-refractivity contribution in [2.24, 2.45) is 0 Å². The van der Waals surface area contributed by atoms with Gasteiger partial charge in [0.05, 0.1) is 11.2 Å². The molecule has 0 bridgehead atoms. The second-order valence-electron chi connectivity index (χ2n) is 4.17. The minimum Gasteiger partial charge on any atom is -0.317 e. The number of rotatable bonds is 1. The van der Waals surface area contributed by atoms with Crippen LogP contribution in [0.3, 0.4) is 0 Å². The summed E-state index contributed by atoms with van der Waals surface area (Å²) in [6, 6.07) is 0. The molecule has 1 atom stereocenters. The molecule has 5 nitrogen and oxygen atoms in total. The van der Waals surface area contributed by atoms with Crippen LogP contribution in [0.4, 0.5) is 5.69 Å². The van der Waals surface area contributed by atoms with Crippen LogP contribution in [-0.4, -0.2) is 14.6 Å². The Morgan fingerprint density at radius 2 is 2.38 bits per heavy atom. The molecule has 2 aromatic heterocycles. The number of aromatic nitrogens is 3. The highest BCUT2D eigenvalue weighted by Crippen LogP contribution is 2.40. The normalized spacial score (nSPS) is 23.4. The summed E-state index contributed by atoms with van der Waals surface area (Å²) < 4.78 is 1.71. The maximum atomic E-state index is 6.13. The van der Waals surface area contributed by atoms with Crippen LogP contribution in [0.5, 0.6) is 0 Å². The molecule has 0 radical (unpaired) electrons. The van der Waals surface area contributed by atoms with Gasteiger partial charge in [0, 0.05) is 18.0 Å². The summed E-state index contributed by atoms with van der Waals surface area (Å²) >= 11 is 6.13. The van der Waals surface area contributed by atoms with Crippen molar-refractivity contribution >= 4 is 22.9 Å². The lowest BCUT2D eigenvalue weighted by atomic mass is 9.92. The molecule has 16 heavy (non-hydrogen) atoms. The number of hydrazine groups is 1. The number of nitrogens with zero attached hydrogens (tertiary/aromatic N) is 3. The molecule has 2 aromatic rings. The third kappa shape index (κ3) is 1.10. The van der Waals surface area contributed by atoms with Gasteiger partial charge in [0.15, 0.2) is 10.8 Å². The van der Waals surface area contributed by atoms with E-state index in [0.29, 0.717) is 5.15 Å². The topological polar surface area (TPSA) is 54.2 Å². The summed E-state index contributed by atoms with van der Waals surface area (Å²) in [5.41, 5.74) is 8.95. The van der Waals surface area contributed by atoms with E-state index in [4.69, 9.17) is 11.6 Å². The highest BCUT2D eigenvalue weighted by molar-refractivity contribution is 6.32. The van der Waals surface area contributed by atoms with E-state index in [1.807, 2.05) is 0 Å². The van der Waals surface area contributed by atoms with Gasteiger partial charge in [0.2, 0.25) is 0 Å². The van der Waals surface area contributed by atoms with Gasteiger partial charge in [0.1, 0.15) is 0 Å². The van der Waals surface area contributed by atoms with Gasteiger partial charge in [-0.15, -0.1) is 0 Å². The fraction of sp³-hybridized carbons (Fsp3) is 0.400. The Morgan fingerprint density at radius 3 is 3.12 bits per heavy atom.